The van der Waals surface area contributed by atoms with Gasteiger partial charge in [0.15, 0.2) is 0 Å². The van der Waals surface area contributed by atoms with Crippen molar-refractivity contribution in [3.05, 3.63) is 24.3 Å². The Morgan fingerprint density at radius 3 is 2.94 bits per heavy atom. The number of halogens is 1. The first-order valence-corrected chi connectivity index (χ1v) is 5.47. The Morgan fingerprint density at radius 2 is 2.38 bits per heavy atom. The van der Waals surface area contributed by atoms with Gasteiger partial charge in [-0.15, -0.1) is 0 Å². The fraction of sp³-hybridized carbons (Fsp3) is 0.583. The van der Waals surface area contributed by atoms with Crippen molar-refractivity contribution >= 4 is 0 Å². The Kier molecular flexibility index (Phi) is 3.10. The predicted octanol–water partition coefficient (Wildman–Crippen LogP) is 2.56. The average Bonchev–Trinajstić information content (AvgIpc) is 2.58. The molecule has 0 spiro atoms. The minimum Gasteiger partial charge on any atom is -0.489 e. The number of aromatic nitrogens is 1. The molecule has 1 aromatic rings. The van der Waals surface area contributed by atoms with Crippen LogP contribution in [0.1, 0.15) is 26.7 Å². The molecule has 1 unspecified atom stereocenters. The first kappa shape index (κ1) is 11.3. The molecular formula is C12H16FNO2. The van der Waals surface area contributed by atoms with Crippen molar-refractivity contribution in [2.45, 2.75) is 38.4 Å². The van der Waals surface area contributed by atoms with Crippen LogP contribution in [0.5, 0.6) is 5.75 Å². The molecular weight excluding hydrogens is 209 g/mol. The van der Waals surface area contributed by atoms with Gasteiger partial charge < -0.3 is 9.47 Å². The van der Waals surface area contributed by atoms with Crippen molar-refractivity contribution in [3.8, 4) is 5.75 Å². The van der Waals surface area contributed by atoms with E-state index in [-0.39, 0.29) is 11.7 Å². The number of pyridine rings is 1. The third kappa shape index (κ3) is 2.92. The van der Waals surface area contributed by atoms with Gasteiger partial charge in [0.05, 0.1) is 17.9 Å². The smallest absolute Gasteiger partial charge is 0.213 e. The Hall–Kier alpha value is -1.16. The number of hydrogen-bond donors (Lipinski definition) is 0. The molecule has 1 fully saturated rings. The van der Waals surface area contributed by atoms with Gasteiger partial charge >= 0.3 is 0 Å². The molecule has 1 aliphatic heterocycles. The van der Waals surface area contributed by atoms with E-state index in [1.54, 1.807) is 6.07 Å². The summed E-state index contributed by atoms with van der Waals surface area (Å²) in [5.74, 6) is 0.0836. The summed E-state index contributed by atoms with van der Waals surface area (Å²) in [4.78, 5) is 3.52. The molecule has 0 aromatic carbocycles. The zero-order chi connectivity index (χ0) is 11.6. The van der Waals surface area contributed by atoms with E-state index in [1.165, 1.54) is 12.3 Å². The predicted molar refractivity (Wildman–Crippen MR) is 57.9 cm³/mol. The largest absolute Gasteiger partial charge is 0.489 e. The van der Waals surface area contributed by atoms with Gasteiger partial charge in [-0.3, -0.25) is 0 Å². The topological polar surface area (TPSA) is 31.4 Å². The highest BCUT2D eigenvalue weighted by atomic mass is 19.1. The van der Waals surface area contributed by atoms with Crippen LogP contribution in [-0.4, -0.2) is 23.3 Å². The first-order valence-electron chi connectivity index (χ1n) is 5.47. The van der Waals surface area contributed by atoms with E-state index in [9.17, 15) is 4.39 Å². The second-order valence-corrected chi connectivity index (χ2v) is 4.67. The quantitative estimate of drug-likeness (QED) is 0.741. The Bertz CT molecular complexity index is 351. The number of ether oxygens (including phenoxy) is 2. The molecule has 1 aromatic heterocycles. The molecule has 0 aliphatic carbocycles. The van der Waals surface area contributed by atoms with Crippen LogP contribution in [0.15, 0.2) is 18.3 Å². The molecule has 88 valence electrons. The molecule has 3 nitrogen and oxygen atoms in total. The highest BCUT2D eigenvalue weighted by Gasteiger charge is 2.31. The lowest BCUT2D eigenvalue weighted by Gasteiger charge is -2.19. The molecule has 4 heteroatoms. The minimum absolute atomic E-state index is 0.0466. The fourth-order valence-corrected chi connectivity index (χ4v) is 1.83. The van der Waals surface area contributed by atoms with Crippen molar-refractivity contribution in [1.29, 1.82) is 0 Å². The van der Waals surface area contributed by atoms with Crippen LogP contribution >= 0.6 is 0 Å². The van der Waals surface area contributed by atoms with Gasteiger partial charge in [0.2, 0.25) is 5.95 Å². The highest BCUT2D eigenvalue weighted by molar-refractivity contribution is 5.16. The summed E-state index contributed by atoms with van der Waals surface area (Å²) >= 11 is 0. The van der Waals surface area contributed by atoms with Gasteiger partial charge in [-0.1, -0.05) is 0 Å². The molecule has 0 radical (unpaired) electrons. The molecule has 2 heterocycles. The van der Waals surface area contributed by atoms with Crippen LogP contribution in [0.2, 0.25) is 0 Å². The summed E-state index contributed by atoms with van der Waals surface area (Å²) in [5, 5.41) is 0. The summed E-state index contributed by atoms with van der Waals surface area (Å²) in [6, 6.07) is 2.86. The van der Waals surface area contributed by atoms with E-state index in [0.717, 1.165) is 12.8 Å². The fourth-order valence-electron chi connectivity index (χ4n) is 1.83. The van der Waals surface area contributed by atoms with Crippen molar-refractivity contribution < 1.29 is 13.9 Å². The zero-order valence-corrected chi connectivity index (χ0v) is 9.57. The van der Waals surface area contributed by atoms with Gasteiger partial charge in [0.25, 0.3) is 0 Å². The molecule has 16 heavy (non-hydrogen) atoms. The molecule has 1 atom stereocenters. The van der Waals surface area contributed by atoms with Crippen LogP contribution in [0.4, 0.5) is 4.39 Å². The molecule has 0 N–H and O–H groups in total. The van der Waals surface area contributed by atoms with E-state index in [2.05, 4.69) is 18.8 Å². The maximum absolute atomic E-state index is 12.5. The summed E-state index contributed by atoms with van der Waals surface area (Å²) in [6.07, 6.45) is 3.56. The zero-order valence-electron chi connectivity index (χ0n) is 9.57. The monoisotopic (exact) mass is 225 g/mol. The maximum atomic E-state index is 12.5. The van der Waals surface area contributed by atoms with E-state index in [0.29, 0.717) is 12.4 Å². The summed E-state index contributed by atoms with van der Waals surface area (Å²) in [7, 11) is 0. The van der Waals surface area contributed by atoms with Gasteiger partial charge in [-0.25, -0.2) is 4.98 Å². The Labute approximate surface area is 94.6 Å². The maximum Gasteiger partial charge on any atom is 0.213 e. The van der Waals surface area contributed by atoms with Crippen molar-refractivity contribution in [3.63, 3.8) is 0 Å². The Morgan fingerprint density at radius 1 is 1.56 bits per heavy atom. The SMILES string of the molecule is CC1(C)CCC(COc2ccc(F)nc2)O1. The van der Waals surface area contributed by atoms with Crippen molar-refractivity contribution in [2.75, 3.05) is 6.61 Å². The molecule has 1 saturated heterocycles. The molecule has 0 saturated carbocycles. The molecule has 1 aliphatic rings. The van der Waals surface area contributed by atoms with Crippen LogP contribution in [-0.2, 0) is 4.74 Å². The summed E-state index contributed by atoms with van der Waals surface area (Å²) < 4.78 is 23.8. The summed E-state index contributed by atoms with van der Waals surface area (Å²) in [6.45, 7) is 4.65. The lowest BCUT2D eigenvalue weighted by atomic mass is 10.1. The number of nitrogens with zero attached hydrogens (tertiary/aromatic N) is 1. The van der Waals surface area contributed by atoms with E-state index < -0.39 is 5.95 Å². The van der Waals surface area contributed by atoms with Gasteiger partial charge in [0.1, 0.15) is 12.4 Å². The number of rotatable bonds is 3. The second-order valence-electron chi connectivity index (χ2n) is 4.67. The normalized spacial score (nSPS) is 23.3. The van der Waals surface area contributed by atoms with E-state index in [1.807, 2.05) is 0 Å². The lowest BCUT2D eigenvalue weighted by molar-refractivity contribution is -0.0327. The minimum atomic E-state index is -0.495. The van der Waals surface area contributed by atoms with Crippen molar-refractivity contribution in [1.82, 2.24) is 4.98 Å². The molecule has 0 amide bonds. The lowest BCUT2D eigenvalue weighted by Crippen LogP contribution is -2.23. The van der Waals surface area contributed by atoms with Gasteiger partial charge in [0, 0.05) is 0 Å². The molecule has 0 bridgehead atoms. The van der Waals surface area contributed by atoms with Gasteiger partial charge in [-0.05, 0) is 38.8 Å². The van der Waals surface area contributed by atoms with Crippen LogP contribution in [0.25, 0.3) is 0 Å². The van der Waals surface area contributed by atoms with E-state index in [4.69, 9.17) is 9.47 Å². The number of hydrogen-bond acceptors (Lipinski definition) is 3. The second kappa shape index (κ2) is 4.37. The van der Waals surface area contributed by atoms with Crippen LogP contribution < -0.4 is 4.74 Å². The van der Waals surface area contributed by atoms with E-state index >= 15 is 0 Å². The van der Waals surface area contributed by atoms with Crippen LogP contribution in [0.3, 0.4) is 0 Å². The third-order valence-corrected chi connectivity index (χ3v) is 2.69. The van der Waals surface area contributed by atoms with Gasteiger partial charge in [-0.2, -0.15) is 4.39 Å². The standard InChI is InChI=1S/C12H16FNO2/c1-12(2)6-5-10(16-12)8-15-9-3-4-11(13)14-7-9/h3-4,7,10H,5-6,8H2,1-2H3. The first-order chi connectivity index (χ1) is 7.55. The highest BCUT2D eigenvalue weighted by Crippen LogP contribution is 2.29. The van der Waals surface area contributed by atoms with Crippen molar-refractivity contribution in [2.24, 2.45) is 0 Å². The third-order valence-electron chi connectivity index (χ3n) is 2.69. The summed E-state index contributed by atoms with van der Waals surface area (Å²) in [5.41, 5.74) is -0.0466. The Balaban J connectivity index is 1.82. The van der Waals surface area contributed by atoms with Crippen LogP contribution in [0, 0.1) is 5.95 Å². The average molecular weight is 225 g/mol. The molecule has 2 rings (SSSR count).